The van der Waals surface area contributed by atoms with E-state index in [9.17, 15) is 9.59 Å². The minimum atomic E-state index is -0.558. The third-order valence-corrected chi connectivity index (χ3v) is 2.17. The molecule has 0 unspecified atom stereocenters. The Morgan fingerprint density at radius 1 is 1.11 bits per heavy atom. The average Bonchev–Trinajstić information content (AvgIpc) is 2.43. The number of methoxy groups -OCH3 is 3. The molecule has 0 saturated carbocycles. The zero-order valence-corrected chi connectivity index (χ0v) is 10.4. The van der Waals surface area contributed by atoms with E-state index in [0.717, 1.165) is 0 Å². The molecule has 0 aromatic heterocycles. The van der Waals surface area contributed by atoms with E-state index in [4.69, 9.17) is 9.47 Å². The maximum Gasteiger partial charge on any atom is 0.343 e. The second-order valence-corrected chi connectivity index (χ2v) is 3.22. The number of hydrogen-bond acceptors (Lipinski definition) is 6. The lowest BCUT2D eigenvalue weighted by Crippen LogP contribution is -2.14. The normalized spacial score (nSPS) is 9.50. The Hall–Kier alpha value is -2.24. The first kappa shape index (κ1) is 13.8. The van der Waals surface area contributed by atoms with Gasteiger partial charge in [0.25, 0.3) is 0 Å². The molecular weight excluding hydrogens is 240 g/mol. The summed E-state index contributed by atoms with van der Waals surface area (Å²) in [4.78, 5) is 22.5. The van der Waals surface area contributed by atoms with E-state index in [2.05, 4.69) is 9.47 Å². The van der Waals surface area contributed by atoms with Crippen molar-refractivity contribution in [3.63, 3.8) is 0 Å². The van der Waals surface area contributed by atoms with Crippen LogP contribution in [-0.4, -0.2) is 39.9 Å². The molecule has 1 aromatic rings. The molecule has 0 amide bonds. The second-order valence-electron chi connectivity index (χ2n) is 3.22. The molecule has 6 nitrogen and oxygen atoms in total. The molecule has 0 aliphatic rings. The Morgan fingerprint density at radius 3 is 2.39 bits per heavy atom. The zero-order chi connectivity index (χ0) is 13.5. The summed E-state index contributed by atoms with van der Waals surface area (Å²) in [5, 5.41) is 0. The van der Waals surface area contributed by atoms with Crippen molar-refractivity contribution in [3.8, 4) is 11.5 Å². The van der Waals surface area contributed by atoms with E-state index >= 15 is 0 Å². The molecule has 0 radical (unpaired) electrons. The molecule has 1 aromatic carbocycles. The number of hydrogen-bond donors (Lipinski definition) is 0. The zero-order valence-electron chi connectivity index (χ0n) is 10.4. The summed E-state index contributed by atoms with van der Waals surface area (Å²) in [6.45, 7) is -0.298. The van der Waals surface area contributed by atoms with Gasteiger partial charge in [-0.2, -0.15) is 0 Å². The Balaban J connectivity index is 2.96. The highest BCUT2D eigenvalue weighted by molar-refractivity contribution is 5.92. The molecule has 0 fully saturated rings. The van der Waals surface area contributed by atoms with Crippen LogP contribution in [-0.2, 0) is 14.3 Å². The lowest BCUT2D eigenvalue weighted by Gasteiger charge is -2.10. The predicted molar refractivity (Wildman–Crippen MR) is 61.8 cm³/mol. The summed E-state index contributed by atoms with van der Waals surface area (Å²) in [5.74, 6) is -0.403. The SMILES string of the molecule is COC(=O)COc1cc(OC)ccc1C(=O)OC. The van der Waals surface area contributed by atoms with Gasteiger partial charge in [-0.25, -0.2) is 9.59 Å². The average molecular weight is 254 g/mol. The van der Waals surface area contributed by atoms with Crippen LogP contribution in [0.25, 0.3) is 0 Å². The number of esters is 2. The fourth-order valence-corrected chi connectivity index (χ4v) is 1.22. The van der Waals surface area contributed by atoms with Crippen LogP contribution in [0.5, 0.6) is 11.5 Å². The van der Waals surface area contributed by atoms with Crippen molar-refractivity contribution < 1.29 is 28.5 Å². The van der Waals surface area contributed by atoms with E-state index in [-0.39, 0.29) is 17.9 Å². The molecule has 0 spiro atoms. The quantitative estimate of drug-likeness (QED) is 0.731. The van der Waals surface area contributed by atoms with Crippen LogP contribution < -0.4 is 9.47 Å². The molecule has 0 bridgehead atoms. The molecule has 0 heterocycles. The highest BCUT2D eigenvalue weighted by Gasteiger charge is 2.15. The fourth-order valence-electron chi connectivity index (χ4n) is 1.22. The van der Waals surface area contributed by atoms with Crippen LogP contribution in [0.4, 0.5) is 0 Å². The van der Waals surface area contributed by atoms with Gasteiger partial charge >= 0.3 is 11.9 Å². The number of ether oxygens (including phenoxy) is 4. The van der Waals surface area contributed by atoms with Crippen LogP contribution in [0.1, 0.15) is 10.4 Å². The van der Waals surface area contributed by atoms with Gasteiger partial charge < -0.3 is 18.9 Å². The Morgan fingerprint density at radius 2 is 1.83 bits per heavy atom. The van der Waals surface area contributed by atoms with E-state index in [1.165, 1.54) is 33.5 Å². The van der Waals surface area contributed by atoms with Gasteiger partial charge in [-0.3, -0.25) is 0 Å². The number of carbonyl (C=O) groups is 2. The summed E-state index contributed by atoms with van der Waals surface area (Å²) in [6, 6.07) is 4.59. The molecule has 98 valence electrons. The first-order valence-corrected chi connectivity index (χ1v) is 5.08. The van der Waals surface area contributed by atoms with Gasteiger partial charge in [0.2, 0.25) is 0 Å². The maximum absolute atomic E-state index is 11.5. The molecule has 0 aliphatic heterocycles. The summed E-state index contributed by atoms with van der Waals surface area (Å²) in [6.07, 6.45) is 0. The highest BCUT2D eigenvalue weighted by atomic mass is 16.6. The third-order valence-electron chi connectivity index (χ3n) is 2.17. The highest BCUT2D eigenvalue weighted by Crippen LogP contribution is 2.25. The number of carbonyl (C=O) groups excluding carboxylic acids is 2. The number of rotatable bonds is 5. The van der Waals surface area contributed by atoms with Gasteiger partial charge in [-0.05, 0) is 12.1 Å². The van der Waals surface area contributed by atoms with E-state index in [1.54, 1.807) is 6.07 Å². The molecule has 0 atom stereocenters. The summed E-state index contributed by atoms with van der Waals surface area (Å²) >= 11 is 0. The molecule has 0 N–H and O–H groups in total. The van der Waals surface area contributed by atoms with Crippen molar-refractivity contribution in [2.75, 3.05) is 27.9 Å². The molecule has 18 heavy (non-hydrogen) atoms. The van der Waals surface area contributed by atoms with Crippen molar-refractivity contribution in [1.29, 1.82) is 0 Å². The molecule has 0 saturated heterocycles. The van der Waals surface area contributed by atoms with Gasteiger partial charge in [0.15, 0.2) is 6.61 Å². The van der Waals surface area contributed by atoms with Crippen molar-refractivity contribution in [2.45, 2.75) is 0 Å². The van der Waals surface area contributed by atoms with Crippen molar-refractivity contribution in [2.24, 2.45) is 0 Å². The Labute approximate surface area is 104 Å². The second kappa shape index (κ2) is 6.48. The predicted octanol–water partition coefficient (Wildman–Crippen LogP) is 1.03. The van der Waals surface area contributed by atoms with Crippen LogP contribution in [0.3, 0.4) is 0 Å². The minimum Gasteiger partial charge on any atom is -0.497 e. The first-order valence-electron chi connectivity index (χ1n) is 5.08. The van der Waals surface area contributed by atoms with Crippen molar-refractivity contribution >= 4 is 11.9 Å². The smallest absolute Gasteiger partial charge is 0.343 e. The number of benzene rings is 1. The van der Waals surface area contributed by atoms with E-state index < -0.39 is 11.9 Å². The first-order chi connectivity index (χ1) is 8.62. The molecule has 0 aliphatic carbocycles. The monoisotopic (exact) mass is 254 g/mol. The standard InChI is InChI=1S/C12H14O6/c1-15-8-4-5-9(12(14)17-3)10(6-8)18-7-11(13)16-2/h4-6H,7H2,1-3H3. The third kappa shape index (κ3) is 3.38. The maximum atomic E-state index is 11.5. The van der Waals surface area contributed by atoms with Crippen LogP contribution in [0.2, 0.25) is 0 Å². The van der Waals surface area contributed by atoms with Gasteiger partial charge in [0.1, 0.15) is 17.1 Å². The lowest BCUT2D eigenvalue weighted by molar-refractivity contribution is -0.142. The lowest BCUT2D eigenvalue weighted by atomic mass is 10.2. The van der Waals surface area contributed by atoms with Gasteiger partial charge in [0.05, 0.1) is 21.3 Å². The Kier molecular flexibility index (Phi) is 4.98. The minimum absolute atomic E-state index is 0.201. The largest absolute Gasteiger partial charge is 0.497 e. The van der Waals surface area contributed by atoms with Crippen LogP contribution in [0, 0.1) is 0 Å². The van der Waals surface area contributed by atoms with E-state index in [0.29, 0.717) is 5.75 Å². The van der Waals surface area contributed by atoms with Crippen molar-refractivity contribution in [3.05, 3.63) is 23.8 Å². The summed E-state index contributed by atoms with van der Waals surface area (Å²) in [5.41, 5.74) is 0.210. The molecule has 6 heteroatoms. The Bertz CT molecular complexity index is 440. The van der Waals surface area contributed by atoms with Crippen LogP contribution in [0.15, 0.2) is 18.2 Å². The molecular formula is C12H14O6. The van der Waals surface area contributed by atoms with Crippen molar-refractivity contribution in [1.82, 2.24) is 0 Å². The van der Waals surface area contributed by atoms with E-state index in [1.807, 2.05) is 0 Å². The van der Waals surface area contributed by atoms with Crippen LogP contribution >= 0.6 is 0 Å². The fraction of sp³-hybridized carbons (Fsp3) is 0.333. The summed E-state index contributed by atoms with van der Waals surface area (Å²) in [7, 11) is 3.99. The van der Waals surface area contributed by atoms with Gasteiger partial charge in [-0.15, -0.1) is 0 Å². The van der Waals surface area contributed by atoms with Gasteiger partial charge in [0, 0.05) is 6.07 Å². The summed E-state index contributed by atoms with van der Waals surface area (Å²) < 4.78 is 19.3. The topological polar surface area (TPSA) is 71.1 Å². The van der Waals surface area contributed by atoms with Gasteiger partial charge in [-0.1, -0.05) is 0 Å². The molecule has 1 rings (SSSR count).